The van der Waals surface area contributed by atoms with Gasteiger partial charge in [-0.3, -0.25) is 0 Å². The van der Waals surface area contributed by atoms with Gasteiger partial charge in [0, 0.05) is 23.5 Å². The van der Waals surface area contributed by atoms with Crippen molar-refractivity contribution in [1.82, 2.24) is 15.0 Å². The Balaban J connectivity index is 2.05. The highest BCUT2D eigenvalue weighted by molar-refractivity contribution is 7.98. The Hall–Kier alpha value is -1.79. The molecule has 7 heteroatoms. The van der Waals surface area contributed by atoms with Crippen LogP contribution in [0, 0.1) is 0 Å². The van der Waals surface area contributed by atoms with E-state index in [0.29, 0.717) is 21.7 Å². The highest BCUT2D eigenvalue weighted by atomic mass is 35.5. The Kier molecular flexibility index (Phi) is 3.04. The number of hydrogen-bond donors (Lipinski definition) is 2. The maximum atomic E-state index is 9.74. The van der Waals surface area contributed by atoms with Crippen molar-refractivity contribution in [2.24, 2.45) is 4.99 Å². The fourth-order valence-corrected chi connectivity index (χ4v) is 2.32. The molecule has 0 atom stereocenters. The Labute approximate surface area is 118 Å². The Morgan fingerprint density at radius 1 is 1.47 bits per heavy atom. The second-order valence-corrected chi connectivity index (χ2v) is 5.10. The van der Waals surface area contributed by atoms with E-state index in [2.05, 4.69) is 19.9 Å². The molecule has 2 aromatic heterocycles. The van der Waals surface area contributed by atoms with Crippen molar-refractivity contribution in [3.63, 3.8) is 0 Å². The Morgan fingerprint density at radius 2 is 2.32 bits per heavy atom. The predicted molar refractivity (Wildman–Crippen MR) is 77.3 cm³/mol. The van der Waals surface area contributed by atoms with Gasteiger partial charge < -0.3 is 10.1 Å². The van der Waals surface area contributed by atoms with E-state index in [4.69, 9.17) is 11.6 Å². The van der Waals surface area contributed by atoms with Crippen molar-refractivity contribution < 1.29 is 5.11 Å². The van der Waals surface area contributed by atoms with E-state index < -0.39 is 0 Å². The number of thioether (sulfide) groups is 1. The molecule has 0 unspecified atom stereocenters. The quantitative estimate of drug-likeness (QED) is 0.834. The van der Waals surface area contributed by atoms with E-state index in [-0.39, 0.29) is 5.88 Å². The molecule has 0 fully saturated rings. The summed E-state index contributed by atoms with van der Waals surface area (Å²) in [7, 11) is 0. The lowest BCUT2D eigenvalue weighted by Crippen LogP contribution is -1.83. The molecular weight excluding hydrogens is 284 g/mol. The molecule has 0 saturated carbocycles. The Bertz CT molecular complexity index is 708. The van der Waals surface area contributed by atoms with Crippen LogP contribution in [0.25, 0.3) is 11.6 Å². The maximum absolute atomic E-state index is 9.74. The second-order valence-electron chi connectivity index (χ2n) is 3.87. The lowest BCUT2D eigenvalue weighted by molar-refractivity contribution is 0.453. The first-order chi connectivity index (χ1) is 9.17. The molecule has 0 bridgehead atoms. The molecule has 96 valence electrons. The van der Waals surface area contributed by atoms with Gasteiger partial charge in [0.2, 0.25) is 5.88 Å². The number of nitrogens with one attached hydrogen (secondary N) is 1. The van der Waals surface area contributed by atoms with E-state index in [0.717, 1.165) is 11.1 Å². The molecule has 19 heavy (non-hydrogen) atoms. The van der Waals surface area contributed by atoms with Crippen molar-refractivity contribution in [2.75, 3.05) is 6.26 Å². The fourth-order valence-electron chi connectivity index (χ4n) is 1.77. The van der Waals surface area contributed by atoms with Gasteiger partial charge in [0.05, 0.1) is 5.02 Å². The molecular formula is C12H9ClN4OS. The van der Waals surface area contributed by atoms with Gasteiger partial charge in [0.25, 0.3) is 0 Å². The van der Waals surface area contributed by atoms with E-state index in [1.165, 1.54) is 11.8 Å². The number of aromatic hydroxyl groups is 1. The molecule has 5 nitrogen and oxygen atoms in total. The largest absolute Gasteiger partial charge is 0.492 e. The predicted octanol–water partition coefficient (Wildman–Crippen LogP) is 3.14. The SMILES string of the molecule is CSc1nc(O)c(C=C2C=Nc3ncc(Cl)cc32)[nH]1. The smallest absolute Gasteiger partial charge is 0.237 e. The normalized spacial score (nSPS) is 15.2. The van der Waals surface area contributed by atoms with Crippen LogP contribution >= 0.6 is 23.4 Å². The summed E-state index contributed by atoms with van der Waals surface area (Å²) in [6.45, 7) is 0. The standard InChI is InChI=1S/C12H9ClN4OS/c1-19-12-16-9(11(18)17-12)2-6-4-14-10-8(6)3-7(13)5-15-10/h2-5,18H,1H3,(H,16,17). The van der Waals surface area contributed by atoms with Gasteiger partial charge in [-0.1, -0.05) is 23.4 Å². The summed E-state index contributed by atoms with van der Waals surface area (Å²) in [4.78, 5) is 15.3. The maximum Gasteiger partial charge on any atom is 0.237 e. The van der Waals surface area contributed by atoms with Crippen LogP contribution in [0.15, 0.2) is 22.4 Å². The van der Waals surface area contributed by atoms with Crippen LogP contribution in [-0.2, 0) is 0 Å². The average Bonchev–Trinajstić information content (AvgIpc) is 2.95. The molecule has 3 rings (SSSR count). The highest BCUT2D eigenvalue weighted by Crippen LogP contribution is 2.33. The van der Waals surface area contributed by atoms with E-state index >= 15 is 0 Å². The van der Waals surface area contributed by atoms with Crippen molar-refractivity contribution in [3.8, 4) is 5.88 Å². The molecule has 1 aliphatic heterocycles. The summed E-state index contributed by atoms with van der Waals surface area (Å²) < 4.78 is 0. The molecule has 0 saturated heterocycles. The first kappa shape index (κ1) is 12.3. The van der Waals surface area contributed by atoms with Crippen molar-refractivity contribution in [1.29, 1.82) is 0 Å². The van der Waals surface area contributed by atoms with Crippen molar-refractivity contribution in [3.05, 3.63) is 28.5 Å². The van der Waals surface area contributed by atoms with Crippen LogP contribution in [0.5, 0.6) is 5.88 Å². The number of H-pyrrole nitrogens is 1. The molecule has 0 spiro atoms. The number of nitrogens with zero attached hydrogens (tertiary/aromatic N) is 3. The first-order valence-corrected chi connectivity index (χ1v) is 7.02. The summed E-state index contributed by atoms with van der Waals surface area (Å²) in [5, 5.41) is 10.9. The molecule has 1 aliphatic rings. The molecule has 0 amide bonds. The first-order valence-electron chi connectivity index (χ1n) is 5.42. The summed E-state index contributed by atoms with van der Waals surface area (Å²) in [6.07, 6.45) is 6.90. The molecule has 3 heterocycles. The minimum atomic E-state index is -0.0336. The van der Waals surface area contributed by atoms with Crippen molar-refractivity contribution in [2.45, 2.75) is 5.16 Å². The van der Waals surface area contributed by atoms with Gasteiger partial charge in [-0.05, 0) is 18.4 Å². The van der Waals surface area contributed by atoms with Gasteiger partial charge in [0.15, 0.2) is 11.0 Å². The van der Waals surface area contributed by atoms with Gasteiger partial charge in [-0.25, -0.2) is 9.98 Å². The molecule has 0 aliphatic carbocycles. The summed E-state index contributed by atoms with van der Waals surface area (Å²) in [5.41, 5.74) is 2.21. The molecule has 0 radical (unpaired) electrons. The lowest BCUT2D eigenvalue weighted by atomic mass is 10.1. The van der Waals surface area contributed by atoms with Crippen LogP contribution in [-0.4, -0.2) is 32.5 Å². The zero-order chi connectivity index (χ0) is 13.4. The minimum absolute atomic E-state index is 0.0336. The lowest BCUT2D eigenvalue weighted by Gasteiger charge is -1.99. The van der Waals surface area contributed by atoms with Gasteiger partial charge >= 0.3 is 0 Å². The van der Waals surface area contributed by atoms with E-state index in [1.54, 1.807) is 24.6 Å². The minimum Gasteiger partial charge on any atom is -0.492 e. The number of hydrogen-bond acceptors (Lipinski definition) is 5. The number of aromatic amines is 1. The molecule has 0 aromatic carbocycles. The van der Waals surface area contributed by atoms with Crippen LogP contribution in [0.2, 0.25) is 5.02 Å². The number of rotatable bonds is 2. The molecule has 2 N–H and O–H groups in total. The fraction of sp³-hybridized carbons (Fsp3) is 0.0833. The van der Waals surface area contributed by atoms with E-state index in [9.17, 15) is 5.11 Å². The van der Waals surface area contributed by atoms with Gasteiger partial charge in [0.1, 0.15) is 5.69 Å². The Morgan fingerprint density at radius 3 is 3.05 bits per heavy atom. The number of pyridine rings is 1. The average molecular weight is 293 g/mol. The summed E-state index contributed by atoms with van der Waals surface area (Å²) in [6, 6.07) is 1.80. The topological polar surface area (TPSA) is 74.2 Å². The zero-order valence-corrected chi connectivity index (χ0v) is 11.5. The van der Waals surface area contributed by atoms with Crippen LogP contribution in [0.4, 0.5) is 5.82 Å². The van der Waals surface area contributed by atoms with E-state index in [1.807, 2.05) is 6.26 Å². The highest BCUT2D eigenvalue weighted by Gasteiger charge is 2.15. The van der Waals surface area contributed by atoms with Crippen LogP contribution in [0.1, 0.15) is 11.3 Å². The number of allylic oxidation sites excluding steroid dienone is 1. The summed E-state index contributed by atoms with van der Waals surface area (Å²) in [5.74, 6) is 0.591. The number of aliphatic imine (C=N–C) groups is 1. The summed E-state index contributed by atoms with van der Waals surface area (Å²) >= 11 is 7.36. The third-order valence-corrected chi connectivity index (χ3v) is 3.44. The second kappa shape index (κ2) is 4.71. The molecule has 2 aromatic rings. The number of fused-ring (bicyclic) bond motifs is 1. The van der Waals surface area contributed by atoms with Gasteiger partial charge in [-0.15, -0.1) is 0 Å². The third kappa shape index (κ3) is 2.24. The van der Waals surface area contributed by atoms with Gasteiger partial charge in [-0.2, -0.15) is 4.98 Å². The number of halogens is 1. The monoisotopic (exact) mass is 292 g/mol. The third-order valence-electron chi connectivity index (χ3n) is 2.65. The van der Waals surface area contributed by atoms with Crippen molar-refractivity contribution >= 4 is 47.0 Å². The van der Waals surface area contributed by atoms with Crippen LogP contribution in [0.3, 0.4) is 0 Å². The zero-order valence-electron chi connectivity index (χ0n) is 9.88. The van der Waals surface area contributed by atoms with Crippen LogP contribution < -0.4 is 0 Å². The number of aromatic nitrogens is 3. The number of imidazole rings is 1.